The molecular formula is C13H20F2O3Si. The van der Waals surface area contributed by atoms with Crippen LogP contribution >= 0.6 is 0 Å². The average molecular weight is 290 g/mol. The molecule has 0 aliphatic carbocycles. The van der Waals surface area contributed by atoms with Crippen molar-refractivity contribution in [1.82, 2.24) is 0 Å². The minimum atomic E-state index is -2.79. The van der Waals surface area contributed by atoms with Crippen LogP contribution in [0.2, 0.25) is 6.04 Å². The first-order valence-electron chi connectivity index (χ1n) is 6.14. The van der Waals surface area contributed by atoms with Gasteiger partial charge < -0.3 is 13.3 Å². The fourth-order valence-corrected chi connectivity index (χ4v) is 3.99. The third kappa shape index (κ3) is 4.65. The predicted molar refractivity (Wildman–Crippen MR) is 70.9 cm³/mol. The average Bonchev–Trinajstić information content (AvgIpc) is 2.35. The summed E-state index contributed by atoms with van der Waals surface area (Å²) in [5, 5.41) is 0. The van der Waals surface area contributed by atoms with Crippen LogP contribution in [0.15, 0.2) is 18.2 Å². The van der Waals surface area contributed by atoms with E-state index in [0.29, 0.717) is 18.0 Å². The van der Waals surface area contributed by atoms with Gasteiger partial charge in [0, 0.05) is 32.4 Å². The van der Waals surface area contributed by atoms with E-state index in [4.69, 9.17) is 13.3 Å². The first kappa shape index (κ1) is 16.2. The number of hydrogen-bond acceptors (Lipinski definition) is 3. The Morgan fingerprint density at radius 1 is 1.16 bits per heavy atom. The van der Waals surface area contributed by atoms with E-state index in [1.807, 2.05) is 13.8 Å². The number of benzene rings is 1. The highest BCUT2D eigenvalue weighted by molar-refractivity contribution is 6.60. The molecule has 0 unspecified atom stereocenters. The van der Waals surface area contributed by atoms with Crippen LogP contribution < -0.4 is 0 Å². The van der Waals surface area contributed by atoms with Crippen molar-refractivity contribution in [3.05, 3.63) is 35.4 Å². The monoisotopic (exact) mass is 290 g/mol. The highest BCUT2D eigenvalue weighted by Crippen LogP contribution is 2.21. The molecule has 0 bridgehead atoms. The Bertz CT molecular complexity index is 409. The molecule has 0 aromatic heterocycles. The Labute approximate surface area is 113 Å². The Morgan fingerprint density at radius 2 is 1.79 bits per heavy atom. The zero-order chi connectivity index (χ0) is 14.5. The Morgan fingerprint density at radius 3 is 2.26 bits per heavy atom. The number of rotatable bonds is 7. The molecule has 19 heavy (non-hydrogen) atoms. The maximum absolute atomic E-state index is 13.5. The van der Waals surface area contributed by atoms with Crippen LogP contribution in [0.4, 0.5) is 8.78 Å². The SMILES string of the molecule is CO[Si](CCc1ccc(F)cc1F)(OC)OC(C)C. The van der Waals surface area contributed by atoms with Crippen molar-refractivity contribution in [2.75, 3.05) is 14.2 Å². The van der Waals surface area contributed by atoms with Gasteiger partial charge >= 0.3 is 8.80 Å². The molecule has 108 valence electrons. The predicted octanol–water partition coefficient (Wildman–Crippen LogP) is 3.16. The number of aryl methyl sites for hydroxylation is 1. The van der Waals surface area contributed by atoms with Gasteiger partial charge in [-0.2, -0.15) is 0 Å². The third-order valence-electron chi connectivity index (χ3n) is 2.75. The Balaban J connectivity index is 2.75. The standard InChI is InChI=1S/C13H20F2O3Si/c1-10(2)18-19(16-3,17-4)8-7-11-5-6-12(14)9-13(11)15/h5-6,9-10H,7-8H2,1-4H3. The van der Waals surface area contributed by atoms with Crippen LogP contribution in [0.3, 0.4) is 0 Å². The summed E-state index contributed by atoms with van der Waals surface area (Å²) in [6, 6.07) is 4.00. The Kier molecular flexibility index (Phi) is 6.06. The van der Waals surface area contributed by atoms with Gasteiger partial charge in [0.15, 0.2) is 0 Å². The highest BCUT2D eigenvalue weighted by atomic mass is 28.4. The molecule has 0 N–H and O–H groups in total. The van der Waals surface area contributed by atoms with Crippen molar-refractivity contribution in [2.24, 2.45) is 0 Å². The maximum Gasteiger partial charge on any atom is 0.500 e. The molecule has 0 aliphatic heterocycles. The summed E-state index contributed by atoms with van der Waals surface area (Å²) in [6.45, 7) is 3.77. The van der Waals surface area contributed by atoms with Crippen molar-refractivity contribution in [3.8, 4) is 0 Å². The minimum Gasteiger partial charge on any atom is -0.377 e. The quantitative estimate of drug-likeness (QED) is 0.722. The van der Waals surface area contributed by atoms with Gasteiger partial charge in [0.2, 0.25) is 0 Å². The highest BCUT2D eigenvalue weighted by Gasteiger charge is 2.39. The summed E-state index contributed by atoms with van der Waals surface area (Å²) in [5.41, 5.74) is 0.430. The van der Waals surface area contributed by atoms with Gasteiger partial charge in [-0.05, 0) is 31.9 Å². The van der Waals surface area contributed by atoms with Crippen LogP contribution in [0, 0.1) is 11.6 Å². The van der Waals surface area contributed by atoms with Crippen LogP contribution in [-0.2, 0) is 19.7 Å². The zero-order valence-electron chi connectivity index (χ0n) is 11.7. The van der Waals surface area contributed by atoms with E-state index in [0.717, 1.165) is 6.07 Å². The van der Waals surface area contributed by atoms with Gasteiger partial charge in [0.05, 0.1) is 0 Å². The Hall–Kier alpha value is -0.823. The van der Waals surface area contributed by atoms with Crippen molar-refractivity contribution in [2.45, 2.75) is 32.4 Å². The maximum atomic E-state index is 13.5. The van der Waals surface area contributed by atoms with Crippen LogP contribution in [0.25, 0.3) is 0 Å². The lowest BCUT2D eigenvalue weighted by molar-refractivity contribution is 0.0700. The molecule has 0 fully saturated rings. The molecule has 0 spiro atoms. The van der Waals surface area contributed by atoms with E-state index in [9.17, 15) is 8.78 Å². The summed E-state index contributed by atoms with van der Waals surface area (Å²) in [4.78, 5) is 0. The lowest BCUT2D eigenvalue weighted by Crippen LogP contribution is -2.46. The van der Waals surface area contributed by atoms with E-state index >= 15 is 0 Å². The van der Waals surface area contributed by atoms with Gasteiger partial charge in [-0.3, -0.25) is 0 Å². The lowest BCUT2D eigenvalue weighted by atomic mass is 10.1. The summed E-state index contributed by atoms with van der Waals surface area (Å²) in [5.74, 6) is -1.14. The van der Waals surface area contributed by atoms with Gasteiger partial charge in [-0.25, -0.2) is 8.78 Å². The molecule has 0 saturated heterocycles. The number of hydrogen-bond donors (Lipinski definition) is 0. The van der Waals surface area contributed by atoms with Crippen molar-refractivity contribution in [1.29, 1.82) is 0 Å². The molecular weight excluding hydrogens is 270 g/mol. The molecule has 1 rings (SSSR count). The first-order chi connectivity index (χ1) is 8.92. The second kappa shape index (κ2) is 7.09. The fourth-order valence-electron chi connectivity index (χ4n) is 1.81. The van der Waals surface area contributed by atoms with Crippen molar-refractivity contribution < 1.29 is 22.1 Å². The molecule has 0 amide bonds. The lowest BCUT2D eigenvalue weighted by Gasteiger charge is -2.28. The molecule has 0 saturated carbocycles. The van der Waals surface area contributed by atoms with Crippen molar-refractivity contribution in [3.63, 3.8) is 0 Å². The summed E-state index contributed by atoms with van der Waals surface area (Å²) >= 11 is 0. The van der Waals surface area contributed by atoms with E-state index in [-0.39, 0.29) is 6.10 Å². The molecule has 0 atom stereocenters. The van der Waals surface area contributed by atoms with E-state index in [1.165, 1.54) is 26.4 Å². The molecule has 0 radical (unpaired) electrons. The van der Waals surface area contributed by atoms with Crippen LogP contribution in [0.1, 0.15) is 19.4 Å². The van der Waals surface area contributed by atoms with Crippen molar-refractivity contribution >= 4 is 8.80 Å². The molecule has 6 heteroatoms. The largest absolute Gasteiger partial charge is 0.500 e. The fraction of sp³-hybridized carbons (Fsp3) is 0.538. The zero-order valence-corrected chi connectivity index (χ0v) is 12.7. The second-order valence-electron chi connectivity index (χ2n) is 4.49. The molecule has 0 heterocycles. The second-order valence-corrected chi connectivity index (χ2v) is 7.41. The van der Waals surface area contributed by atoms with Crippen LogP contribution in [-0.4, -0.2) is 29.1 Å². The van der Waals surface area contributed by atoms with Gasteiger partial charge in [0.25, 0.3) is 0 Å². The molecule has 1 aromatic carbocycles. The normalized spacial score (nSPS) is 12.2. The van der Waals surface area contributed by atoms with Gasteiger partial charge in [-0.15, -0.1) is 0 Å². The van der Waals surface area contributed by atoms with E-state index in [2.05, 4.69) is 0 Å². The van der Waals surface area contributed by atoms with E-state index in [1.54, 1.807) is 0 Å². The molecule has 0 aliphatic rings. The first-order valence-corrected chi connectivity index (χ1v) is 8.07. The summed E-state index contributed by atoms with van der Waals surface area (Å²) in [6.07, 6.45) is 0.344. The minimum absolute atomic E-state index is 0.0374. The van der Waals surface area contributed by atoms with Gasteiger partial charge in [-0.1, -0.05) is 6.07 Å². The van der Waals surface area contributed by atoms with Crippen LogP contribution in [0.5, 0.6) is 0 Å². The summed E-state index contributed by atoms with van der Waals surface area (Å²) < 4.78 is 42.9. The third-order valence-corrected chi connectivity index (χ3v) is 5.69. The molecule has 3 nitrogen and oxygen atoms in total. The van der Waals surface area contributed by atoms with E-state index < -0.39 is 20.4 Å². The smallest absolute Gasteiger partial charge is 0.377 e. The topological polar surface area (TPSA) is 27.7 Å². The molecule has 1 aromatic rings. The number of halogens is 2. The van der Waals surface area contributed by atoms with Gasteiger partial charge in [0.1, 0.15) is 11.6 Å². The summed E-state index contributed by atoms with van der Waals surface area (Å²) in [7, 11) is 0.268.